The van der Waals surface area contributed by atoms with Crippen molar-refractivity contribution in [3.63, 3.8) is 0 Å². The molecule has 0 unspecified atom stereocenters. The average Bonchev–Trinajstić information content (AvgIpc) is 2.09. The molecule has 0 aliphatic carbocycles. The fraction of sp³-hybridized carbons (Fsp3) is 0.400. The van der Waals surface area contributed by atoms with Crippen molar-refractivity contribution in [2.75, 3.05) is 5.75 Å². The van der Waals surface area contributed by atoms with Crippen molar-refractivity contribution >= 4 is 27.7 Å². The van der Waals surface area contributed by atoms with Gasteiger partial charge in [0, 0.05) is 4.47 Å². The summed E-state index contributed by atoms with van der Waals surface area (Å²) in [6.07, 6.45) is 2.01. The molecule has 0 radical (unpaired) electrons. The van der Waals surface area contributed by atoms with Crippen molar-refractivity contribution in [1.29, 1.82) is 0 Å². The van der Waals surface area contributed by atoms with E-state index in [1.165, 1.54) is 23.9 Å². The van der Waals surface area contributed by atoms with Crippen molar-refractivity contribution in [3.05, 3.63) is 28.2 Å². The monoisotopic (exact) mass is 280 g/mol. The summed E-state index contributed by atoms with van der Waals surface area (Å²) in [5.74, 6) is -0.220. The zero-order valence-electron chi connectivity index (χ0n) is 7.82. The van der Waals surface area contributed by atoms with Crippen LogP contribution in [0.15, 0.2) is 21.5 Å². The third-order valence-corrected chi connectivity index (χ3v) is 3.34. The van der Waals surface area contributed by atoms with E-state index in [9.17, 15) is 8.78 Å². The second-order valence-electron chi connectivity index (χ2n) is 2.90. The van der Waals surface area contributed by atoms with Gasteiger partial charge in [0.25, 0.3) is 0 Å². The SMILES string of the molecule is CCCCSc1c(F)cc(Br)cc1F. The average molecular weight is 281 g/mol. The van der Waals surface area contributed by atoms with Crippen LogP contribution in [0.5, 0.6) is 0 Å². The molecular formula is C10H11BrF2S. The Balaban J connectivity index is 2.75. The molecule has 0 aliphatic heterocycles. The van der Waals surface area contributed by atoms with E-state index in [1.807, 2.05) is 0 Å². The summed E-state index contributed by atoms with van der Waals surface area (Å²) in [5.41, 5.74) is 0. The van der Waals surface area contributed by atoms with Crippen LogP contribution in [0, 0.1) is 11.6 Å². The molecule has 0 nitrogen and oxygen atoms in total. The van der Waals surface area contributed by atoms with Gasteiger partial charge in [-0.1, -0.05) is 29.3 Å². The van der Waals surface area contributed by atoms with Crippen LogP contribution in [0.4, 0.5) is 8.78 Å². The first-order valence-electron chi connectivity index (χ1n) is 4.42. The van der Waals surface area contributed by atoms with E-state index < -0.39 is 11.6 Å². The Hall–Kier alpha value is -0.0900. The summed E-state index contributed by atoms with van der Waals surface area (Å²) < 4.78 is 26.9. The van der Waals surface area contributed by atoms with Crippen molar-refractivity contribution in [1.82, 2.24) is 0 Å². The lowest BCUT2D eigenvalue weighted by Gasteiger charge is -2.04. The van der Waals surface area contributed by atoms with Gasteiger partial charge < -0.3 is 0 Å². The van der Waals surface area contributed by atoms with Crippen LogP contribution >= 0.6 is 27.7 Å². The highest BCUT2D eigenvalue weighted by molar-refractivity contribution is 9.10. The van der Waals surface area contributed by atoms with Gasteiger partial charge in [0.15, 0.2) is 0 Å². The molecule has 78 valence electrons. The number of unbranched alkanes of at least 4 members (excludes halogenated alkanes) is 1. The van der Waals surface area contributed by atoms with Gasteiger partial charge in [-0.15, -0.1) is 11.8 Å². The highest BCUT2D eigenvalue weighted by Crippen LogP contribution is 2.28. The fourth-order valence-corrected chi connectivity index (χ4v) is 2.42. The second kappa shape index (κ2) is 5.71. The van der Waals surface area contributed by atoms with Crippen LogP contribution in [-0.4, -0.2) is 5.75 Å². The van der Waals surface area contributed by atoms with Crippen LogP contribution in [0.1, 0.15) is 19.8 Å². The topological polar surface area (TPSA) is 0 Å². The lowest BCUT2D eigenvalue weighted by Crippen LogP contribution is -1.89. The molecule has 0 saturated carbocycles. The second-order valence-corrected chi connectivity index (χ2v) is 4.92. The molecular weight excluding hydrogens is 270 g/mol. The number of halogens is 3. The Morgan fingerprint density at radius 3 is 2.36 bits per heavy atom. The molecule has 0 heterocycles. The van der Waals surface area contributed by atoms with E-state index in [1.54, 1.807) is 0 Å². The highest BCUT2D eigenvalue weighted by atomic mass is 79.9. The van der Waals surface area contributed by atoms with E-state index in [2.05, 4.69) is 22.9 Å². The molecule has 1 aromatic carbocycles. The maximum Gasteiger partial charge on any atom is 0.140 e. The summed E-state index contributed by atoms with van der Waals surface area (Å²) in [4.78, 5) is 0.127. The molecule has 0 spiro atoms. The van der Waals surface area contributed by atoms with E-state index in [4.69, 9.17) is 0 Å². The molecule has 0 fully saturated rings. The molecule has 1 aromatic rings. The van der Waals surface area contributed by atoms with E-state index in [0.29, 0.717) is 4.47 Å². The van der Waals surface area contributed by atoms with Crippen LogP contribution in [-0.2, 0) is 0 Å². The first kappa shape index (κ1) is 12.0. The molecule has 4 heteroatoms. The molecule has 0 aliphatic rings. The van der Waals surface area contributed by atoms with Crippen LogP contribution in [0.2, 0.25) is 0 Å². The lowest BCUT2D eigenvalue weighted by molar-refractivity contribution is 0.539. The quantitative estimate of drug-likeness (QED) is 0.573. The molecule has 0 bridgehead atoms. The number of benzene rings is 1. The Bertz CT molecular complexity index is 292. The smallest absolute Gasteiger partial charge is 0.140 e. The minimum absolute atomic E-state index is 0.127. The van der Waals surface area contributed by atoms with Crippen LogP contribution in [0.3, 0.4) is 0 Å². The lowest BCUT2D eigenvalue weighted by atomic mass is 10.3. The molecule has 0 N–H and O–H groups in total. The zero-order chi connectivity index (χ0) is 10.6. The summed E-state index contributed by atoms with van der Waals surface area (Å²) in [6, 6.07) is 2.58. The first-order valence-corrected chi connectivity index (χ1v) is 6.20. The van der Waals surface area contributed by atoms with Gasteiger partial charge in [-0.05, 0) is 24.3 Å². The number of hydrogen-bond acceptors (Lipinski definition) is 1. The highest BCUT2D eigenvalue weighted by Gasteiger charge is 2.10. The van der Waals surface area contributed by atoms with Crippen molar-refractivity contribution in [2.45, 2.75) is 24.7 Å². The molecule has 0 atom stereocenters. The number of hydrogen-bond donors (Lipinski definition) is 0. The van der Waals surface area contributed by atoms with E-state index >= 15 is 0 Å². The molecule has 0 aromatic heterocycles. The third-order valence-electron chi connectivity index (χ3n) is 1.71. The molecule has 1 rings (SSSR count). The van der Waals surface area contributed by atoms with Gasteiger partial charge in [0.2, 0.25) is 0 Å². The van der Waals surface area contributed by atoms with Gasteiger partial charge in [-0.2, -0.15) is 0 Å². The predicted octanol–water partition coefficient (Wildman–Crippen LogP) is 4.62. The summed E-state index contributed by atoms with van der Waals surface area (Å²) >= 11 is 4.28. The largest absolute Gasteiger partial charge is 0.206 e. The summed E-state index contributed by atoms with van der Waals surface area (Å²) in [6.45, 7) is 2.05. The van der Waals surface area contributed by atoms with Crippen molar-refractivity contribution < 1.29 is 8.78 Å². The normalized spacial score (nSPS) is 10.6. The van der Waals surface area contributed by atoms with Crippen molar-refractivity contribution in [3.8, 4) is 0 Å². The predicted molar refractivity (Wildman–Crippen MR) is 59.7 cm³/mol. The van der Waals surface area contributed by atoms with Gasteiger partial charge >= 0.3 is 0 Å². The van der Waals surface area contributed by atoms with Gasteiger partial charge in [-0.3, -0.25) is 0 Å². The number of thioether (sulfide) groups is 1. The maximum absolute atomic E-state index is 13.2. The first-order chi connectivity index (χ1) is 6.65. The minimum atomic E-state index is -0.488. The molecule has 0 amide bonds. The zero-order valence-corrected chi connectivity index (χ0v) is 10.2. The van der Waals surface area contributed by atoms with Crippen LogP contribution < -0.4 is 0 Å². The number of rotatable bonds is 4. The Morgan fingerprint density at radius 2 is 1.86 bits per heavy atom. The van der Waals surface area contributed by atoms with Gasteiger partial charge in [-0.25, -0.2) is 8.78 Å². The minimum Gasteiger partial charge on any atom is -0.206 e. The molecule has 14 heavy (non-hydrogen) atoms. The van der Waals surface area contributed by atoms with Gasteiger partial charge in [0.1, 0.15) is 11.6 Å². The Morgan fingerprint density at radius 1 is 1.29 bits per heavy atom. The Labute approximate surface area is 95.2 Å². The van der Waals surface area contributed by atoms with E-state index in [-0.39, 0.29) is 4.90 Å². The van der Waals surface area contributed by atoms with Gasteiger partial charge in [0.05, 0.1) is 4.90 Å². The maximum atomic E-state index is 13.2. The van der Waals surface area contributed by atoms with Crippen molar-refractivity contribution in [2.24, 2.45) is 0 Å². The fourth-order valence-electron chi connectivity index (χ4n) is 0.985. The summed E-state index contributed by atoms with van der Waals surface area (Å²) in [7, 11) is 0. The summed E-state index contributed by atoms with van der Waals surface area (Å²) in [5, 5.41) is 0. The standard InChI is InChI=1S/C10H11BrF2S/c1-2-3-4-14-10-8(12)5-7(11)6-9(10)13/h5-6H,2-4H2,1H3. The van der Waals surface area contributed by atoms with Crippen LogP contribution in [0.25, 0.3) is 0 Å². The van der Waals surface area contributed by atoms with E-state index in [0.717, 1.165) is 18.6 Å². The third kappa shape index (κ3) is 3.24. The Kier molecular flexibility index (Phi) is 4.89. The molecule has 0 saturated heterocycles.